The number of benzene rings is 1. The number of hydrogen-bond acceptors (Lipinski definition) is 3. The third-order valence-corrected chi connectivity index (χ3v) is 4.08. The number of aromatic nitrogens is 1. The molecule has 0 unspecified atom stereocenters. The Kier molecular flexibility index (Phi) is 5.29. The number of nitrogens with one attached hydrogen (secondary N) is 2. The number of fused-ring (bicyclic) bond motifs is 1. The summed E-state index contributed by atoms with van der Waals surface area (Å²) in [6.07, 6.45) is 0.466. The van der Waals surface area contributed by atoms with Gasteiger partial charge in [0.25, 0.3) is 5.56 Å². The summed E-state index contributed by atoms with van der Waals surface area (Å²) in [6.45, 7) is 5.89. The van der Waals surface area contributed by atoms with Crippen LogP contribution in [0.2, 0.25) is 0 Å². The zero-order valence-electron chi connectivity index (χ0n) is 13.2. The highest BCUT2D eigenvalue weighted by molar-refractivity contribution is 7.98. The normalized spacial score (nSPS) is 11.6. The van der Waals surface area contributed by atoms with E-state index < -0.39 is 0 Å². The van der Waals surface area contributed by atoms with Gasteiger partial charge in [-0.2, -0.15) is 11.8 Å². The number of rotatable bonds is 5. The maximum atomic E-state index is 12.0. The molecule has 2 aromatic rings. The number of aromatic amines is 1. The fourth-order valence-corrected chi connectivity index (χ4v) is 3.04. The van der Waals surface area contributed by atoms with Crippen LogP contribution in [0.25, 0.3) is 10.9 Å². The van der Waals surface area contributed by atoms with Crippen molar-refractivity contribution in [3.63, 3.8) is 0 Å². The van der Waals surface area contributed by atoms with E-state index in [0.717, 1.165) is 16.5 Å². The third kappa shape index (κ3) is 4.91. The van der Waals surface area contributed by atoms with Gasteiger partial charge in [0.05, 0.1) is 0 Å². The average Bonchev–Trinajstić information content (AvgIpc) is 2.42. The van der Waals surface area contributed by atoms with Crippen LogP contribution in [0.4, 0.5) is 0 Å². The summed E-state index contributed by atoms with van der Waals surface area (Å²) >= 11 is 1.60. The van der Waals surface area contributed by atoms with Crippen molar-refractivity contribution in [3.8, 4) is 0 Å². The summed E-state index contributed by atoms with van der Waals surface area (Å²) in [7, 11) is 0. The Balaban J connectivity index is 1.88. The minimum Gasteiger partial charge on any atom is -0.351 e. The van der Waals surface area contributed by atoms with Crippen molar-refractivity contribution in [1.82, 2.24) is 10.3 Å². The van der Waals surface area contributed by atoms with Gasteiger partial charge in [-0.3, -0.25) is 9.59 Å². The third-order valence-electron chi connectivity index (χ3n) is 3.08. The largest absolute Gasteiger partial charge is 0.351 e. The number of carbonyl (C=O) groups is 1. The van der Waals surface area contributed by atoms with Crippen LogP contribution < -0.4 is 10.9 Å². The first-order valence-corrected chi connectivity index (χ1v) is 8.50. The summed E-state index contributed by atoms with van der Waals surface area (Å²) in [5.74, 6) is 1.37. The summed E-state index contributed by atoms with van der Waals surface area (Å²) in [5.41, 5.74) is 1.35. The molecule has 0 aliphatic heterocycles. The summed E-state index contributed by atoms with van der Waals surface area (Å²) < 4.78 is 0. The molecule has 1 amide bonds. The van der Waals surface area contributed by atoms with E-state index in [1.165, 1.54) is 0 Å². The Morgan fingerprint density at radius 2 is 2.00 bits per heavy atom. The van der Waals surface area contributed by atoms with Crippen molar-refractivity contribution in [2.24, 2.45) is 0 Å². The first-order valence-electron chi connectivity index (χ1n) is 7.35. The van der Waals surface area contributed by atoms with Crippen LogP contribution in [0.3, 0.4) is 0 Å². The average molecular weight is 318 g/mol. The quantitative estimate of drug-likeness (QED) is 0.833. The number of H-pyrrole nitrogens is 1. The lowest BCUT2D eigenvalue weighted by atomic mass is 10.1. The van der Waals surface area contributed by atoms with Gasteiger partial charge in [-0.05, 0) is 38.3 Å². The van der Waals surface area contributed by atoms with Crippen LogP contribution >= 0.6 is 11.8 Å². The van der Waals surface area contributed by atoms with Gasteiger partial charge in [-0.25, -0.2) is 0 Å². The summed E-state index contributed by atoms with van der Waals surface area (Å²) in [5, 5.41) is 3.96. The van der Waals surface area contributed by atoms with Crippen molar-refractivity contribution >= 4 is 28.6 Å². The molecule has 0 saturated heterocycles. The smallest absolute Gasteiger partial charge is 0.252 e. The molecule has 1 heterocycles. The van der Waals surface area contributed by atoms with Crippen molar-refractivity contribution in [2.75, 3.05) is 5.75 Å². The van der Waals surface area contributed by atoms with E-state index in [9.17, 15) is 9.59 Å². The van der Waals surface area contributed by atoms with Gasteiger partial charge in [-0.1, -0.05) is 18.2 Å². The summed E-state index contributed by atoms with van der Waals surface area (Å²) in [4.78, 5) is 26.6. The van der Waals surface area contributed by atoms with Gasteiger partial charge in [0.2, 0.25) is 5.91 Å². The van der Waals surface area contributed by atoms with Crippen LogP contribution in [-0.2, 0) is 10.5 Å². The van der Waals surface area contributed by atoms with Gasteiger partial charge >= 0.3 is 0 Å². The molecule has 0 spiro atoms. The molecule has 5 heteroatoms. The number of carbonyl (C=O) groups excluding carboxylic acids is 1. The molecule has 118 valence electrons. The fraction of sp³-hybridized carbons (Fsp3) is 0.412. The molecule has 1 aromatic heterocycles. The van der Waals surface area contributed by atoms with Crippen molar-refractivity contribution in [1.29, 1.82) is 0 Å². The highest BCUT2D eigenvalue weighted by Gasteiger charge is 2.13. The van der Waals surface area contributed by atoms with Crippen molar-refractivity contribution in [3.05, 3.63) is 46.2 Å². The van der Waals surface area contributed by atoms with Gasteiger partial charge in [-0.15, -0.1) is 0 Å². The van der Waals surface area contributed by atoms with E-state index in [4.69, 9.17) is 0 Å². The molecule has 2 N–H and O–H groups in total. The number of pyridine rings is 1. The monoisotopic (exact) mass is 318 g/mol. The second kappa shape index (κ2) is 7.01. The first-order chi connectivity index (χ1) is 10.3. The summed E-state index contributed by atoms with van der Waals surface area (Å²) in [6, 6.07) is 9.66. The maximum absolute atomic E-state index is 12.0. The molecule has 22 heavy (non-hydrogen) atoms. The SMILES string of the molecule is CC(C)(C)NC(=O)CCSCc1cc2ccccc2[nH]c1=O. The predicted molar refractivity (Wildman–Crippen MR) is 93.2 cm³/mol. The highest BCUT2D eigenvalue weighted by Crippen LogP contribution is 2.15. The zero-order chi connectivity index (χ0) is 16.2. The van der Waals surface area contributed by atoms with Gasteiger partial charge < -0.3 is 10.3 Å². The first kappa shape index (κ1) is 16.6. The van der Waals surface area contributed by atoms with E-state index in [1.54, 1.807) is 11.8 Å². The molecular weight excluding hydrogens is 296 g/mol. The Morgan fingerprint density at radius 1 is 1.27 bits per heavy atom. The zero-order valence-corrected chi connectivity index (χ0v) is 14.0. The molecule has 2 rings (SSSR count). The molecule has 0 radical (unpaired) electrons. The molecule has 0 aliphatic carbocycles. The second-order valence-electron chi connectivity index (χ2n) is 6.31. The van der Waals surface area contributed by atoms with E-state index in [2.05, 4.69) is 10.3 Å². The lowest BCUT2D eigenvalue weighted by Crippen LogP contribution is -2.40. The van der Waals surface area contributed by atoms with E-state index >= 15 is 0 Å². The molecular formula is C17H22N2O2S. The lowest BCUT2D eigenvalue weighted by molar-refractivity contribution is -0.122. The fourth-order valence-electron chi connectivity index (χ4n) is 2.13. The standard InChI is InChI=1S/C17H22N2O2S/c1-17(2,3)19-15(20)8-9-22-11-13-10-12-6-4-5-7-14(12)18-16(13)21/h4-7,10H,8-9,11H2,1-3H3,(H,18,21)(H,19,20). The Labute approximate surface area is 134 Å². The molecule has 0 bridgehead atoms. The van der Waals surface area contributed by atoms with E-state index in [-0.39, 0.29) is 17.0 Å². The van der Waals surface area contributed by atoms with Crippen molar-refractivity contribution in [2.45, 2.75) is 38.5 Å². The van der Waals surface area contributed by atoms with Gasteiger partial charge in [0.1, 0.15) is 0 Å². The van der Waals surface area contributed by atoms with Gasteiger partial charge in [0.15, 0.2) is 0 Å². The Bertz CT molecular complexity index is 716. The van der Waals surface area contributed by atoms with Crippen LogP contribution in [-0.4, -0.2) is 22.2 Å². The van der Waals surface area contributed by atoms with Crippen LogP contribution in [0.15, 0.2) is 35.1 Å². The maximum Gasteiger partial charge on any atom is 0.252 e. The number of hydrogen-bond donors (Lipinski definition) is 2. The molecule has 0 saturated carbocycles. The Morgan fingerprint density at radius 3 is 2.73 bits per heavy atom. The van der Waals surface area contributed by atoms with Crippen molar-refractivity contribution < 1.29 is 4.79 Å². The molecule has 0 fully saturated rings. The topological polar surface area (TPSA) is 62.0 Å². The second-order valence-corrected chi connectivity index (χ2v) is 7.42. The predicted octanol–water partition coefficient (Wildman–Crippen LogP) is 3.07. The number of thioether (sulfide) groups is 1. The molecule has 4 nitrogen and oxygen atoms in total. The molecule has 1 aromatic carbocycles. The van der Waals surface area contributed by atoms with Gasteiger partial charge in [0, 0.05) is 34.5 Å². The van der Waals surface area contributed by atoms with Crippen LogP contribution in [0.1, 0.15) is 32.8 Å². The van der Waals surface area contributed by atoms with E-state index in [0.29, 0.717) is 17.9 Å². The van der Waals surface area contributed by atoms with Crippen LogP contribution in [0, 0.1) is 0 Å². The highest BCUT2D eigenvalue weighted by atomic mass is 32.2. The minimum absolute atomic E-state index is 0.0485. The number of amides is 1. The van der Waals surface area contributed by atoms with E-state index in [1.807, 2.05) is 51.1 Å². The lowest BCUT2D eigenvalue weighted by Gasteiger charge is -2.20. The number of para-hydroxylation sites is 1. The van der Waals surface area contributed by atoms with Crippen LogP contribution in [0.5, 0.6) is 0 Å². The molecule has 0 atom stereocenters. The Hall–Kier alpha value is -1.75. The minimum atomic E-state index is -0.197. The molecule has 0 aliphatic rings.